The molecular formula is C19H13Cl4NO2. The zero-order valence-electron chi connectivity index (χ0n) is 13.9. The lowest BCUT2D eigenvalue weighted by atomic mass is 9.97. The van der Waals surface area contributed by atoms with E-state index in [-0.39, 0.29) is 25.7 Å². The molecule has 1 aliphatic heterocycles. The summed E-state index contributed by atoms with van der Waals surface area (Å²) in [5.74, 6) is -0.553. The number of carbonyl (C=O) groups excluding carboxylic acids is 1. The summed E-state index contributed by atoms with van der Waals surface area (Å²) in [7, 11) is 0. The minimum Gasteiger partial charge on any atom is -0.449 e. The van der Waals surface area contributed by atoms with E-state index in [2.05, 4.69) is 11.5 Å². The fourth-order valence-electron chi connectivity index (χ4n) is 3.72. The molecule has 1 unspecified atom stereocenters. The van der Waals surface area contributed by atoms with Crippen LogP contribution in [0.4, 0.5) is 0 Å². The van der Waals surface area contributed by atoms with Crippen LogP contribution in [0.2, 0.25) is 20.1 Å². The van der Waals surface area contributed by atoms with Crippen LogP contribution in [0.5, 0.6) is 0 Å². The first-order valence-electron chi connectivity index (χ1n) is 8.03. The van der Waals surface area contributed by atoms with E-state index >= 15 is 0 Å². The highest BCUT2D eigenvalue weighted by molar-refractivity contribution is 6.53. The van der Waals surface area contributed by atoms with Gasteiger partial charge >= 0.3 is 5.97 Å². The molecular weight excluding hydrogens is 416 g/mol. The number of fused-ring (bicyclic) bond motifs is 2. The van der Waals surface area contributed by atoms with Crippen molar-refractivity contribution in [2.75, 3.05) is 0 Å². The van der Waals surface area contributed by atoms with Gasteiger partial charge in [-0.25, -0.2) is 4.79 Å². The SMILES string of the molecule is CCn1c(C)c(C2OC(=O)c3c(Cl)c(Cl)c(Cl)c(Cl)c32)c2ccccc21. The first kappa shape index (κ1) is 18.0. The zero-order chi connectivity index (χ0) is 18.7. The van der Waals surface area contributed by atoms with Crippen LogP contribution < -0.4 is 0 Å². The molecule has 26 heavy (non-hydrogen) atoms. The number of ether oxygens (including phenoxy) is 1. The molecule has 0 saturated heterocycles. The van der Waals surface area contributed by atoms with Gasteiger partial charge in [-0.3, -0.25) is 0 Å². The average Bonchev–Trinajstić information content (AvgIpc) is 3.11. The normalized spacial score (nSPS) is 16.2. The molecule has 2 aromatic carbocycles. The molecule has 0 fully saturated rings. The Bertz CT molecular complexity index is 1090. The van der Waals surface area contributed by atoms with Gasteiger partial charge < -0.3 is 9.30 Å². The van der Waals surface area contributed by atoms with Gasteiger partial charge in [0.1, 0.15) is 0 Å². The lowest BCUT2D eigenvalue weighted by Gasteiger charge is -2.15. The van der Waals surface area contributed by atoms with Crippen LogP contribution in [0.3, 0.4) is 0 Å². The van der Waals surface area contributed by atoms with Crippen LogP contribution in [0.15, 0.2) is 24.3 Å². The van der Waals surface area contributed by atoms with Crippen LogP contribution in [0.1, 0.15) is 40.2 Å². The van der Waals surface area contributed by atoms with E-state index in [4.69, 9.17) is 51.1 Å². The first-order valence-corrected chi connectivity index (χ1v) is 9.54. The second kappa shape index (κ2) is 6.35. The van der Waals surface area contributed by atoms with Crippen LogP contribution >= 0.6 is 46.4 Å². The first-order chi connectivity index (χ1) is 12.4. The Morgan fingerprint density at radius 1 is 1.00 bits per heavy atom. The number of carbonyl (C=O) groups is 1. The number of hydrogen-bond donors (Lipinski definition) is 0. The maximum absolute atomic E-state index is 12.5. The van der Waals surface area contributed by atoms with Crippen molar-refractivity contribution in [1.82, 2.24) is 4.57 Å². The van der Waals surface area contributed by atoms with Crippen molar-refractivity contribution >= 4 is 63.3 Å². The van der Waals surface area contributed by atoms with Gasteiger partial charge in [-0.2, -0.15) is 0 Å². The van der Waals surface area contributed by atoms with Gasteiger partial charge in [-0.15, -0.1) is 0 Å². The predicted molar refractivity (Wildman–Crippen MR) is 106 cm³/mol. The van der Waals surface area contributed by atoms with E-state index in [0.29, 0.717) is 5.56 Å². The molecule has 0 bridgehead atoms. The molecule has 0 N–H and O–H groups in total. The molecule has 1 aromatic heterocycles. The predicted octanol–water partition coefficient (Wildman–Crippen LogP) is 6.84. The van der Waals surface area contributed by atoms with Gasteiger partial charge in [0.05, 0.1) is 25.7 Å². The highest BCUT2D eigenvalue weighted by atomic mass is 35.5. The van der Waals surface area contributed by atoms with E-state index in [1.165, 1.54) is 0 Å². The molecule has 0 spiro atoms. The highest BCUT2D eigenvalue weighted by Crippen LogP contribution is 2.51. The molecule has 0 saturated carbocycles. The summed E-state index contributed by atoms with van der Waals surface area (Å²) in [6.45, 7) is 4.85. The van der Waals surface area contributed by atoms with Crippen molar-refractivity contribution < 1.29 is 9.53 Å². The number of aromatic nitrogens is 1. The number of hydrogen-bond acceptors (Lipinski definition) is 2. The molecule has 1 atom stereocenters. The van der Waals surface area contributed by atoms with Gasteiger partial charge in [0.2, 0.25) is 0 Å². The van der Waals surface area contributed by atoms with Gasteiger partial charge in [0, 0.05) is 34.3 Å². The summed E-state index contributed by atoms with van der Waals surface area (Å²) in [6, 6.07) is 7.97. The second-order valence-electron chi connectivity index (χ2n) is 6.09. The molecule has 2 heterocycles. The zero-order valence-corrected chi connectivity index (χ0v) is 16.9. The van der Waals surface area contributed by atoms with E-state index in [1.54, 1.807) is 0 Å². The van der Waals surface area contributed by atoms with E-state index < -0.39 is 12.1 Å². The minimum atomic E-state index is -0.685. The van der Waals surface area contributed by atoms with Gasteiger partial charge in [-0.05, 0) is 19.9 Å². The number of cyclic esters (lactones) is 1. The quantitative estimate of drug-likeness (QED) is 0.254. The van der Waals surface area contributed by atoms with Crippen molar-refractivity contribution in [2.45, 2.75) is 26.5 Å². The van der Waals surface area contributed by atoms with Crippen molar-refractivity contribution in [3.63, 3.8) is 0 Å². The maximum Gasteiger partial charge on any atom is 0.341 e. The molecule has 3 nitrogen and oxygen atoms in total. The van der Waals surface area contributed by atoms with E-state index in [0.717, 1.165) is 28.7 Å². The third-order valence-corrected chi connectivity index (χ3v) is 6.67. The number of rotatable bonds is 2. The molecule has 0 amide bonds. The third-order valence-electron chi connectivity index (χ3n) is 4.85. The van der Waals surface area contributed by atoms with Gasteiger partial charge in [0.15, 0.2) is 6.10 Å². The molecule has 134 valence electrons. The summed E-state index contributed by atoms with van der Waals surface area (Å²) in [6.07, 6.45) is -0.685. The number of esters is 1. The number of aryl methyl sites for hydroxylation is 1. The van der Waals surface area contributed by atoms with Crippen molar-refractivity contribution in [3.05, 3.63) is 66.7 Å². The molecule has 0 radical (unpaired) electrons. The average molecular weight is 429 g/mol. The topological polar surface area (TPSA) is 31.2 Å². The fraction of sp³-hybridized carbons (Fsp3) is 0.211. The van der Waals surface area contributed by atoms with Crippen LogP contribution in [0, 0.1) is 6.92 Å². The van der Waals surface area contributed by atoms with E-state index in [9.17, 15) is 4.79 Å². The maximum atomic E-state index is 12.5. The van der Waals surface area contributed by atoms with Crippen molar-refractivity contribution in [2.24, 2.45) is 0 Å². The van der Waals surface area contributed by atoms with Crippen molar-refractivity contribution in [3.8, 4) is 0 Å². The third kappa shape index (κ3) is 2.31. The summed E-state index contributed by atoms with van der Waals surface area (Å²) in [5, 5.41) is 1.44. The lowest BCUT2D eigenvalue weighted by molar-refractivity contribution is 0.0457. The summed E-state index contributed by atoms with van der Waals surface area (Å²) in [5.41, 5.74) is 3.60. The molecule has 3 aromatic rings. The number of nitrogens with zero attached hydrogens (tertiary/aromatic N) is 1. The van der Waals surface area contributed by atoms with Gasteiger partial charge in [-0.1, -0.05) is 64.6 Å². The monoisotopic (exact) mass is 427 g/mol. The summed E-state index contributed by atoms with van der Waals surface area (Å²) >= 11 is 25.1. The smallest absolute Gasteiger partial charge is 0.341 e. The molecule has 7 heteroatoms. The number of benzene rings is 2. The minimum absolute atomic E-state index is 0.0578. The largest absolute Gasteiger partial charge is 0.449 e. The Balaban J connectivity index is 2.07. The molecule has 1 aliphatic rings. The van der Waals surface area contributed by atoms with Crippen molar-refractivity contribution in [1.29, 1.82) is 0 Å². The Labute approximate surface area is 170 Å². The number of para-hydroxylation sites is 1. The Morgan fingerprint density at radius 2 is 1.65 bits per heavy atom. The van der Waals surface area contributed by atoms with Crippen LogP contribution in [-0.4, -0.2) is 10.5 Å². The fourth-order valence-corrected chi connectivity index (χ4v) is 4.76. The van der Waals surface area contributed by atoms with E-state index in [1.807, 2.05) is 31.2 Å². The highest BCUT2D eigenvalue weighted by Gasteiger charge is 2.41. The lowest BCUT2D eigenvalue weighted by Crippen LogP contribution is -2.04. The standard InChI is InChI=1S/C19H13Cl4NO2/c1-3-24-8(2)11(9-6-4-5-7-10(9)24)18-12-13(19(25)26-18)15(21)17(23)16(22)14(12)20/h4-7,18H,3H2,1-2H3. The van der Waals surface area contributed by atoms with Crippen LogP contribution in [-0.2, 0) is 11.3 Å². The number of halogens is 4. The molecule has 4 rings (SSSR count). The molecule has 0 aliphatic carbocycles. The summed E-state index contributed by atoms with van der Waals surface area (Å²) < 4.78 is 7.87. The Morgan fingerprint density at radius 3 is 2.35 bits per heavy atom. The van der Waals surface area contributed by atoms with Crippen LogP contribution in [0.25, 0.3) is 10.9 Å². The summed E-state index contributed by atoms with van der Waals surface area (Å²) in [4.78, 5) is 12.5. The Hall–Kier alpha value is -1.39. The Kier molecular flexibility index (Phi) is 4.39. The second-order valence-corrected chi connectivity index (χ2v) is 7.60. The van der Waals surface area contributed by atoms with Gasteiger partial charge in [0.25, 0.3) is 0 Å².